The number of ether oxygens (including phenoxy) is 1. The topological polar surface area (TPSA) is 69.7 Å². The van der Waals surface area contributed by atoms with Gasteiger partial charge in [0.2, 0.25) is 0 Å². The minimum Gasteiger partial charge on any atom is -0.466 e. The van der Waals surface area contributed by atoms with Gasteiger partial charge in [0.1, 0.15) is 0 Å². The highest BCUT2D eigenvalue weighted by atomic mass is 127. The second kappa shape index (κ2) is 11.6. The fourth-order valence-corrected chi connectivity index (χ4v) is 3.82. The van der Waals surface area contributed by atoms with E-state index in [0.29, 0.717) is 13.2 Å². The van der Waals surface area contributed by atoms with Crippen LogP contribution in [0.4, 0.5) is 0 Å². The molecule has 0 atom stereocenters. The summed E-state index contributed by atoms with van der Waals surface area (Å²) >= 11 is 6.14. The quantitative estimate of drug-likeness (QED) is 0.253. The van der Waals surface area contributed by atoms with Crippen LogP contribution in [-0.4, -0.2) is 54.6 Å². The van der Waals surface area contributed by atoms with Crippen molar-refractivity contribution in [3.63, 3.8) is 0 Å². The number of nitrogens with zero attached hydrogens (tertiary/aromatic N) is 2. The summed E-state index contributed by atoms with van der Waals surface area (Å²) in [4.78, 5) is 22.3. The summed E-state index contributed by atoms with van der Waals surface area (Å²) in [6.07, 6.45) is 4.50. The monoisotopic (exact) mass is 532 g/mol. The Morgan fingerprint density at radius 2 is 2.10 bits per heavy atom. The molecular formula is C21H30ClIN4O2. The first-order chi connectivity index (χ1) is 13.6. The van der Waals surface area contributed by atoms with E-state index in [0.717, 1.165) is 60.8 Å². The number of fused-ring (bicyclic) bond motifs is 1. The number of esters is 1. The first-order valence-electron chi connectivity index (χ1n) is 10.1. The maximum Gasteiger partial charge on any atom is 0.309 e. The van der Waals surface area contributed by atoms with Crippen molar-refractivity contribution < 1.29 is 9.53 Å². The van der Waals surface area contributed by atoms with Crippen LogP contribution in [0.15, 0.2) is 29.4 Å². The lowest BCUT2D eigenvalue weighted by Crippen LogP contribution is -2.46. The minimum absolute atomic E-state index is 0. The third kappa shape index (κ3) is 6.25. The lowest BCUT2D eigenvalue weighted by Gasteiger charge is -2.33. The Labute approximate surface area is 194 Å². The number of hydrogen-bond acceptors (Lipinski definition) is 3. The van der Waals surface area contributed by atoms with Gasteiger partial charge < -0.3 is 19.9 Å². The van der Waals surface area contributed by atoms with Crippen LogP contribution in [0.3, 0.4) is 0 Å². The number of hydrogen-bond donors (Lipinski definition) is 2. The number of nitrogens with one attached hydrogen (secondary N) is 2. The molecule has 29 heavy (non-hydrogen) atoms. The number of piperidine rings is 1. The van der Waals surface area contributed by atoms with Crippen LogP contribution in [0, 0.1) is 5.92 Å². The van der Waals surface area contributed by atoms with Crippen LogP contribution in [0.5, 0.6) is 0 Å². The van der Waals surface area contributed by atoms with E-state index in [1.54, 1.807) is 0 Å². The Morgan fingerprint density at radius 3 is 2.79 bits per heavy atom. The van der Waals surface area contributed by atoms with Gasteiger partial charge in [-0.05, 0) is 56.9 Å². The van der Waals surface area contributed by atoms with E-state index >= 15 is 0 Å². The average Bonchev–Trinajstić information content (AvgIpc) is 3.10. The van der Waals surface area contributed by atoms with Crippen molar-refractivity contribution in [2.45, 2.75) is 33.1 Å². The zero-order valence-electron chi connectivity index (χ0n) is 17.0. The summed E-state index contributed by atoms with van der Waals surface area (Å²) in [7, 11) is 0. The maximum absolute atomic E-state index is 11.9. The smallest absolute Gasteiger partial charge is 0.309 e. The zero-order valence-corrected chi connectivity index (χ0v) is 20.1. The summed E-state index contributed by atoms with van der Waals surface area (Å²) in [5.74, 6) is 0.861. The summed E-state index contributed by atoms with van der Waals surface area (Å²) in [6, 6.07) is 5.89. The van der Waals surface area contributed by atoms with Gasteiger partial charge >= 0.3 is 5.97 Å². The Morgan fingerprint density at radius 1 is 1.34 bits per heavy atom. The molecular weight excluding hydrogens is 503 g/mol. The van der Waals surface area contributed by atoms with Gasteiger partial charge in [-0.3, -0.25) is 9.79 Å². The summed E-state index contributed by atoms with van der Waals surface area (Å²) in [6.45, 7) is 7.52. The highest BCUT2D eigenvalue weighted by Crippen LogP contribution is 2.23. The largest absolute Gasteiger partial charge is 0.466 e. The van der Waals surface area contributed by atoms with Crippen LogP contribution < -0.4 is 5.32 Å². The molecule has 3 rings (SSSR count). The van der Waals surface area contributed by atoms with Crippen LogP contribution >= 0.6 is 35.6 Å². The normalized spacial score (nSPS) is 15.3. The molecule has 2 heterocycles. The van der Waals surface area contributed by atoms with Gasteiger partial charge in [0.25, 0.3) is 0 Å². The van der Waals surface area contributed by atoms with Gasteiger partial charge in [-0.25, -0.2) is 0 Å². The van der Waals surface area contributed by atoms with Crippen molar-refractivity contribution in [2.75, 3.05) is 32.8 Å². The number of halogens is 2. The molecule has 0 aliphatic carbocycles. The van der Waals surface area contributed by atoms with Gasteiger partial charge in [0.15, 0.2) is 5.96 Å². The number of aromatic nitrogens is 1. The highest BCUT2D eigenvalue weighted by molar-refractivity contribution is 14.0. The average molecular weight is 533 g/mol. The van der Waals surface area contributed by atoms with E-state index in [-0.39, 0.29) is 35.9 Å². The molecule has 0 unspecified atom stereocenters. The molecule has 1 aromatic carbocycles. The number of carbonyl (C=O) groups is 1. The van der Waals surface area contributed by atoms with Crippen molar-refractivity contribution in [2.24, 2.45) is 10.9 Å². The molecule has 0 spiro atoms. The SMILES string of the molecule is CCNC(=NCCc1c[nH]c2ccc(Cl)cc12)N1CCC(C(=O)OCC)CC1.I. The molecule has 0 bridgehead atoms. The molecule has 0 radical (unpaired) electrons. The third-order valence-electron chi connectivity index (χ3n) is 5.12. The molecule has 6 nitrogen and oxygen atoms in total. The number of carbonyl (C=O) groups excluding carboxylic acids is 1. The molecule has 1 aromatic heterocycles. The van der Waals surface area contributed by atoms with Gasteiger partial charge in [0, 0.05) is 48.3 Å². The standard InChI is InChI=1S/C21H29ClN4O2.HI/c1-3-23-21(26-11-8-15(9-12-26)20(27)28-4-2)24-10-7-16-14-25-19-6-5-17(22)13-18(16)19;/h5-6,13-15,25H,3-4,7-12H2,1-2H3,(H,23,24);1H. The van der Waals surface area contributed by atoms with Crippen molar-refractivity contribution in [3.8, 4) is 0 Å². The third-order valence-corrected chi connectivity index (χ3v) is 5.36. The predicted octanol–water partition coefficient (Wildman–Crippen LogP) is 4.22. The highest BCUT2D eigenvalue weighted by Gasteiger charge is 2.27. The van der Waals surface area contributed by atoms with Crippen LogP contribution in [0.25, 0.3) is 10.9 Å². The van der Waals surface area contributed by atoms with E-state index in [1.807, 2.05) is 31.3 Å². The summed E-state index contributed by atoms with van der Waals surface area (Å²) in [5.41, 5.74) is 2.31. The molecule has 1 fully saturated rings. The molecule has 1 saturated heterocycles. The molecule has 0 amide bonds. The van der Waals surface area contributed by atoms with Gasteiger partial charge in [-0.1, -0.05) is 11.6 Å². The minimum atomic E-state index is -0.0675. The number of H-pyrrole nitrogens is 1. The second-order valence-electron chi connectivity index (χ2n) is 7.00. The van der Waals surface area contributed by atoms with E-state index < -0.39 is 0 Å². The van der Waals surface area contributed by atoms with Crippen LogP contribution in [-0.2, 0) is 16.0 Å². The molecule has 2 aromatic rings. The first-order valence-corrected chi connectivity index (χ1v) is 10.5. The molecule has 2 N–H and O–H groups in total. The number of likely N-dealkylation sites (tertiary alicyclic amines) is 1. The van der Waals surface area contributed by atoms with Crippen molar-refractivity contribution in [1.82, 2.24) is 15.2 Å². The fourth-order valence-electron chi connectivity index (χ4n) is 3.65. The molecule has 160 valence electrons. The van der Waals surface area contributed by atoms with Crippen molar-refractivity contribution >= 4 is 58.4 Å². The summed E-state index contributed by atoms with van der Waals surface area (Å²) in [5, 5.41) is 5.28. The van der Waals surface area contributed by atoms with E-state index in [4.69, 9.17) is 21.3 Å². The Balaban J connectivity index is 0.00000300. The molecule has 1 aliphatic heterocycles. The van der Waals surface area contributed by atoms with Gasteiger partial charge in [0.05, 0.1) is 12.5 Å². The Bertz CT molecular complexity index is 831. The predicted molar refractivity (Wildman–Crippen MR) is 129 cm³/mol. The Kier molecular flexibility index (Phi) is 9.55. The van der Waals surface area contributed by atoms with Crippen LogP contribution in [0.2, 0.25) is 5.02 Å². The Hall–Kier alpha value is -1.48. The molecule has 8 heteroatoms. The maximum atomic E-state index is 11.9. The molecule has 0 saturated carbocycles. The lowest BCUT2D eigenvalue weighted by atomic mass is 9.97. The van der Waals surface area contributed by atoms with Crippen molar-refractivity contribution in [3.05, 3.63) is 35.0 Å². The number of aliphatic imine (C=N–C) groups is 1. The number of rotatable bonds is 6. The zero-order chi connectivity index (χ0) is 19.9. The summed E-state index contributed by atoms with van der Waals surface area (Å²) < 4.78 is 5.16. The molecule has 1 aliphatic rings. The van der Waals surface area contributed by atoms with Gasteiger partial charge in [-0.2, -0.15) is 0 Å². The number of benzene rings is 1. The van der Waals surface area contributed by atoms with E-state index in [1.165, 1.54) is 5.56 Å². The first kappa shape index (κ1) is 23.8. The van der Waals surface area contributed by atoms with Crippen LogP contribution in [0.1, 0.15) is 32.3 Å². The lowest BCUT2D eigenvalue weighted by molar-refractivity contribution is -0.149. The fraction of sp³-hybridized carbons (Fsp3) is 0.524. The second-order valence-corrected chi connectivity index (χ2v) is 7.44. The van der Waals surface area contributed by atoms with E-state index in [9.17, 15) is 4.79 Å². The van der Waals surface area contributed by atoms with Crippen molar-refractivity contribution in [1.29, 1.82) is 0 Å². The van der Waals surface area contributed by atoms with Gasteiger partial charge in [-0.15, -0.1) is 24.0 Å². The van der Waals surface area contributed by atoms with E-state index in [2.05, 4.69) is 22.1 Å². The number of aromatic amines is 1. The number of guanidine groups is 1.